The van der Waals surface area contributed by atoms with E-state index in [0.29, 0.717) is 17.1 Å². The van der Waals surface area contributed by atoms with Crippen LogP contribution in [0.3, 0.4) is 0 Å². The summed E-state index contributed by atoms with van der Waals surface area (Å²) in [6, 6.07) is 4.43. The van der Waals surface area contributed by atoms with E-state index in [0.717, 1.165) is 0 Å². The Morgan fingerprint density at radius 1 is 1.47 bits per heavy atom. The number of halogens is 2. The zero-order valence-electron chi connectivity index (χ0n) is 8.85. The van der Waals surface area contributed by atoms with Gasteiger partial charge in [-0.1, -0.05) is 11.6 Å². The third-order valence-electron chi connectivity index (χ3n) is 2.16. The lowest BCUT2D eigenvalue weighted by Gasteiger charge is -2.23. The van der Waals surface area contributed by atoms with Crippen LogP contribution >= 0.6 is 11.6 Å². The van der Waals surface area contributed by atoms with Crippen LogP contribution in [-0.2, 0) is 6.54 Å². The van der Waals surface area contributed by atoms with E-state index < -0.39 is 5.54 Å². The summed E-state index contributed by atoms with van der Waals surface area (Å²) in [5.74, 6) is -0.291. The Kier molecular flexibility index (Phi) is 4.08. The van der Waals surface area contributed by atoms with Crippen LogP contribution in [0.2, 0.25) is 5.02 Å². The molecule has 1 aromatic carbocycles. The van der Waals surface area contributed by atoms with Gasteiger partial charge in [-0.3, -0.25) is 0 Å². The van der Waals surface area contributed by atoms with Crippen molar-refractivity contribution in [2.75, 3.05) is 6.61 Å². The average molecular weight is 232 g/mol. The molecule has 84 valence electrons. The highest BCUT2D eigenvalue weighted by molar-refractivity contribution is 6.30. The topological polar surface area (TPSA) is 32.3 Å². The van der Waals surface area contributed by atoms with Gasteiger partial charge in [-0.2, -0.15) is 0 Å². The van der Waals surface area contributed by atoms with E-state index in [9.17, 15) is 4.39 Å². The number of rotatable bonds is 4. The van der Waals surface area contributed by atoms with Crippen LogP contribution in [0.4, 0.5) is 4.39 Å². The summed E-state index contributed by atoms with van der Waals surface area (Å²) < 4.78 is 13.3. The Hall–Kier alpha value is -0.640. The van der Waals surface area contributed by atoms with Gasteiger partial charge in [0.05, 0.1) is 6.61 Å². The van der Waals surface area contributed by atoms with Crippen molar-refractivity contribution in [2.24, 2.45) is 0 Å². The molecular weight excluding hydrogens is 217 g/mol. The summed E-state index contributed by atoms with van der Waals surface area (Å²) in [6.45, 7) is 4.03. The second kappa shape index (κ2) is 4.92. The lowest BCUT2D eigenvalue weighted by atomic mass is 10.1. The third kappa shape index (κ3) is 3.78. The summed E-state index contributed by atoms with van der Waals surface area (Å²) >= 11 is 5.76. The van der Waals surface area contributed by atoms with E-state index in [1.807, 2.05) is 13.8 Å². The van der Waals surface area contributed by atoms with Crippen molar-refractivity contribution >= 4 is 11.6 Å². The molecular formula is C11H15ClFNO. The fourth-order valence-corrected chi connectivity index (χ4v) is 1.26. The maximum Gasteiger partial charge on any atom is 0.127 e. The van der Waals surface area contributed by atoms with Crippen molar-refractivity contribution in [1.82, 2.24) is 5.32 Å². The van der Waals surface area contributed by atoms with Crippen LogP contribution in [0, 0.1) is 5.82 Å². The minimum atomic E-state index is -0.422. The predicted octanol–water partition coefficient (Wildman–Crippen LogP) is 2.34. The second-order valence-corrected chi connectivity index (χ2v) is 4.57. The highest BCUT2D eigenvalue weighted by Crippen LogP contribution is 2.15. The maximum atomic E-state index is 13.3. The molecule has 1 rings (SSSR count). The summed E-state index contributed by atoms with van der Waals surface area (Å²) in [6.07, 6.45) is 0. The van der Waals surface area contributed by atoms with Crippen LogP contribution in [0.25, 0.3) is 0 Å². The molecule has 0 heterocycles. The van der Waals surface area contributed by atoms with Crippen LogP contribution in [0.5, 0.6) is 0 Å². The molecule has 4 heteroatoms. The molecule has 0 unspecified atom stereocenters. The molecule has 0 aliphatic rings. The van der Waals surface area contributed by atoms with Gasteiger partial charge >= 0.3 is 0 Å². The van der Waals surface area contributed by atoms with E-state index in [4.69, 9.17) is 16.7 Å². The Morgan fingerprint density at radius 2 is 2.13 bits per heavy atom. The average Bonchev–Trinajstić information content (AvgIpc) is 2.20. The number of hydrogen-bond acceptors (Lipinski definition) is 2. The van der Waals surface area contributed by atoms with Gasteiger partial charge in [0.25, 0.3) is 0 Å². The molecule has 0 aliphatic heterocycles. The van der Waals surface area contributed by atoms with Gasteiger partial charge in [0.1, 0.15) is 5.82 Å². The number of aliphatic hydroxyl groups is 1. The van der Waals surface area contributed by atoms with Crippen molar-refractivity contribution < 1.29 is 9.50 Å². The summed E-state index contributed by atoms with van der Waals surface area (Å²) in [5.41, 5.74) is 0.0819. The van der Waals surface area contributed by atoms with Gasteiger partial charge in [0, 0.05) is 22.7 Å². The normalized spacial score (nSPS) is 11.8. The minimum Gasteiger partial charge on any atom is -0.394 e. The number of nitrogens with one attached hydrogen (secondary N) is 1. The Labute approximate surface area is 94.1 Å². The Balaban J connectivity index is 2.69. The van der Waals surface area contributed by atoms with Gasteiger partial charge in [-0.15, -0.1) is 0 Å². The van der Waals surface area contributed by atoms with Crippen LogP contribution in [0.1, 0.15) is 19.4 Å². The Bertz CT molecular complexity index is 341. The molecule has 0 aromatic heterocycles. The number of benzene rings is 1. The fourth-order valence-electron chi connectivity index (χ4n) is 1.07. The van der Waals surface area contributed by atoms with Crippen LogP contribution < -0.4 is 5.32 Å². The largest absolute Gasteiger partial charge is 0.394 e. The SMILES string of the molecule is CC(C)(CO)NCc1cc(Cl)ccc1F. The van der Waals surface area contributed by atoms with Crippen molar-refractivity contribution in [3.63, 3.8) is 0 Å². The zero-order valence-corrected chi connectivity index (χ0v) is 9.61. The first-order valence-corrected chi connectivity index (χ1v) is 5.12. The molecule has 1 aromatic rings. The van der Waals surface area contributed by atoms with E-state index in [1.165, 1.54) is 12.1 Å². The van der Waals surface area contributed by atoms with Gasteiger partial charge in [-0.25, -0.2) is 4.39 Å². The van der Waals surface area contributed by atoms with Gasteiger partial charge in [-0.05, 0) is 32.0 Å². The first-order chi connectivity index (χ1) is 6.94. The smallest absolute Gasteiger partial charge is 0.127 e. The lowest BCUT2D eigenvalue weighted by Crippen LogP contribution is -2.42. The monoisotopic (exact) mass is 231 g/mol. The van der Waals surface area contributed by atoms with E-state index >= 15 is 0 Å². The molecule has 2 nitrogen and oxygen atoms in total. The van der Waals surface area contributed by atoms with E-state index in [2.05, 4.69) is 5.32 Å². The Morgan fingerprint density at radius 3 is 2.73 bits per heavy atom. The minimum absolute atomic E-state index is 0.00478. The van der Waals surface area contributed by atoms with E-state index in [1.54, 1.807) is 6.07 Å². The van der Waals surface area contributed by atoms with E-state index in [-0.39, 0.29) is 12.4 Å². The third-order valence-corrected chi connectivity index (χ3v) is 2.40. The highest BCUT2D eigenvalue weighted by atomic mass is 35.5. The standard InChI is InChI=1S/C11H15ClFNO/c1-11(2,7-15)14-6-8-5-9(12)3-4-10(8)13/h3-5,14-15H,6-7H2,1-2H3. The molecule has 0 spiro atoms. The molecule has 15 heavy (non-hydrogen) atoms. The van der Waals surface area contributed by atoms with Gasteiger partial charge < -0.3 is 10.4 Å². The number of hydrogen-bond donors (Lipinski definition) is 2. The second-order valence-electron chi connectivity index (χ2n) is 4.13. The molecule has 0 amide bonds. The fraction of sp³-hybridized carbons (Fsp3) is 0.455. The zero-order chi connectivity index (χ0) is 11.5. The first kappa shape index (κ1) is 12.4. The first-order valence-electron chi connectivity index (χ1n) is 4.74. The van der Waals surface area contributed by atoms with Crippen LogP contribution in [0.15, 0.2) is 18.2 Å². The maximum absolute atomic E-state index is 13.3. The molecule has 2 N–H and O–H groups in total. The predicted molar refractivity (Wildman–Crippen MR) is 59.4 cm³/mol. The molecule has 0 saturated heterocycles. The molecule has 0 saturated carbocycles. The molecule has 0 atom stereocenters. The molecule has 0 fully saturated rings. The molecule has 0 bridgehead atoms. The quantitative estimate of drug-likeness (QED) is 0.834. The van der Waals surface area contributed by atoms with Crippen molar-refractivity contribution in [3.05, 3.63) is 34.6 Å². The summed E-state index contributed by atoms with van der Waals surface area (Å²) in [5, 5.41) is 12.6. The lowest BCUT2D eigenvalue weighted by molar-refractivity contribution is 0.187. The molecule has 0 radical (unpaired) electrons. The molecule has 0 aliphatic carbocycles. The van der Waals surface area contributed by atoms with Crippen LogP contribution in [-0.4, -0.2) is 17.3 Å². The summed E-state index contributed by atoms with van der Waals surface area (Å²) in [4.78, 5) is 0. The van der Waals surface area contributed by atoms with Crippen molar-refractivity contribution in [3.8, 4) is 0 Å². The van der Waals surface area contributed by atoms with Crippen molar-refractivity contribution in [1.29, 1.82) is 0 Å². The van der Waals surface area contributed by atoms with Gasteiger partial charge in [0.2, 0.25) is 0 Å². The number of aliphatic hydroxyl groups excluding tert-OH is 1. The van der Waals surface area contributed by atoms with Gasteiger partial charge in [0.15, 0.2) is 0 Å². The van der Waals surface area contributed by atoms with Crippen molar-refractivity contribution in [2.45, 2.75) is 25.9 Å². The summed E-state index contributed by atoms with van der Waals surface area (Å²) in [7, 11) is 0. The highest BCUT2D eigenvalue weighted by Gasteiger charge is 2.15.